The minimum Gasteiger partial charge on any atom is -0.394 e. The first kappa shape index (κ1) is 13.6. The van der Waals surface area contributed by atoms with Crippen molar-refractivity contribution < 1.29 is 19.4 Å². The number of nitrogens with two attached hydrogens (primary N) is 1. The molecular weight excluding hydrogens is 227 g/mol. The first-order valence-corrected chi connectivity index (χ1v) is 5.12. The molecule has 0 radical (unpaired) electrons. The van der Waals surface area contributed by atoms with E-state index in [4.69, 9.17) is 15.9 Å². The molecular formula is C11H15FN2O3. The molecule has 0 aliphatic carbocycles. The Bertz CT molecular complexity index is 398. The smallest absolute Gasteiger partial charge is 0.248 e. The van der Waals surface area contributed by atoms with Gasteiger partial charge in [-0.25, -0.2) is 4.39 Å². The summed E-state index contributed by atoms with van der Waals surface area (Å²) in [7, 11) is 0. The third kappa shape index (κ3) is 4.10. The van der Waals surface area contributed by atoms with E-state index >= 15 is 0 Å². The number of nitrogens with one attached hydrogen (secondary N) is 1. The predicted octanol–water partition coefficient (Wildman–Crippen LogP) is -0.633. The Morgan fingerprint density at radius 1 is 1.53 bits per heavy atom. The van der Waals surface area contributed by atoms with Gasteiger partial charge in [0.15, 0.2) is 0 Å². The summed E-state index contributed by atoms with van der Waals surface area (Å²) in [6.45, 7) is 0.00550. The lowest BCUT2D eigenvalue weighted by atomic mass is 10.1. The van der Waals surface area contributed by atoms with Gasteiger partial charge in [0, 0.05) is 24.2 Å². The van der Waals surface area contributed by atoms with Gasteiger partial charge in [0.2, 0.25) is 5.91 Å². The van der Waals surface area contributed by atoms with Crippen LogP contribution in [0.5, 0.6) is 0 Å². The molecule has 0 saturated heterocycles. The number of rotatable bonds is 6. The molecule has 94 valence electrons. The second-order valence-electron chi connectivity index (χ2n) is 3.64. The number of carbonyl (C=O) groups excluding carboxylic acids is 1. The molecule has 1 unspecified atom stereocenters. The van der Waals surface area contributed by atoms with Crippen LogP contribution >= 0.6 is 0 Å². The van der Waals surface area contributed by atoms with Crippen LogP contribution in [0.3, 0.4) is 0 Å². The fraction of sp³-hybridized carbons (Fsp3) is 0.364. The lowest BCUT2D eigenvalue weighted by Crippen LogP contribution is -2.29. The van der Waals surface area contributed by atoms with Gasteiger partial charge in [-0.05, 0) is 12.1 Å². The van der Waals surface area contributed by atoms with Gasteiger partial charge in [0.05, 0.1) is 12.7 Å². The highest BCUT2D eigenvalue weighted by atomic mass is 19.1. The van der Waals surface area contributed by atoms with Crippen molar-refractivity contribution in [3.05, 3.63) is 35.1 Å². The van der Waals surface area contributed by atoms with Crippen LogP contribution in [0.15, 0.2) is 18.2 Å². The fourth-order valence-corrected chi connectivity index (χ4v) is 1.28. The maximum Gasteiger partial charge on any atom is 0.248 e. The molecule has 6 heteroatoms. The van der Waals surface area contributed by atoms with E-state index in [0.29, 0.717) is 5.56 Å². The number of amides is 1. The van der Waals surface area contributed by atoms with Gasteiger partial charge in [0.25, 0.3) is 0 Å². The Labute approximate surface area is 98.1 Å². The third-order valence-electron chi connectivity index (χ3n) is 2.24. The zero-order valence-corrected chi connectivity index (χ0v) is 9.19. The summed E-state index contributed by atoms with van der Waals surface area (Å²) in [5.74, 6) is -1.22. The number of primary amides is 1. The second-order valence-corrected chi connectivity index (χ2v) is 3.64. The SMILES string of the molecule is NC(=O)c1ccc(CNCC(O)CO)c(F)c1. The van der Waals surface area contributed by atoms with E-state index in [1.807, 2.05) is 0 Å². The van der Waals surface area contributed by atoms with E-state index in [1.165, 1.54) is 12.1 Å². The van der Waals surface area contributed by atoms with Crippen molar-refractivity contribution in [1.29, 1.82) is 0 Å². The number of carbonyl (C=O) groups is 1. The highest BCUT2D eigenvalue weighted by Gasteiger charge is 2.07. The van der Waals surface area contributed by atoms with Crippen molar-refractivity contribution in [3.8, 4) is 0 Å². The molecule has 1 amide bonds. The van der Waals surface area contributed by atoms with Crippen molar-refractivity contribution in [1.82, 2.24) is 5.32 Å². The summed E-state index contributed by atoms with van der Waals surface area (Å²) in [5.41, 5.74) is 5.48. The topological polar surface area (TPSA) is 95.6 Å². The van der Waals surface area contributed by atoms with Gasteiger partial charge in [-0.3, -0.25) is 4.79 Å². The highest BCUT2D eigenvalue weighted by Crippen LogP contribution is 2.09. The molecule has 0 heterocycles. The van der Waals surface area contributed by atoms with Crippen molar-refractivity contribution in [3.63, 3.8) is 0 Å². The van der Waals surface area contributed by atoms with Crippen molar-refractivity contribution in [2.24, 2.45) is 5.73 Å². The minimum atomic E-state index is -0.872. The monoisotopic (exact) mass is 242 g/mol. The fourth-order valence-electron chi connectivity index (χ4n) is 1.28. The molecule has 0 spiro atoms. The van der Waals surface area contributed by atoms with E-state index in [9.17, 15) is 9.18 Å². The highest BCUT2D eigenvalue weighted by molar-refractivity contribution is 5.92. The van der Waals surface area contributed by atoms with E-state index < -0.39 is 17.8 Å². The number of benzene rings is 1. The van der Waals surface area contributed by atoms with Gasteiger partial charge in [-0.1, -0.05) is 6.07 Å². The number of aliphatic hydroxyl groups excluding tert-OH is 2. The molecule has 17 heavy (non-hydrogen) atoms. The van der Waals surface area contributed by atoms with Crippen LogP contribution in [-0.4, -0.2) is 35.4 Å². The van der Waals surface area contributed by atoms with Crippen LogP contribution in [0.2, 0.25) is 0 Å². The average Bonchev–Trinajstić information content (AvgIpc) is 2.30. The molecule has 1 rings (SSSR count). The molecule has 0 fully saturated rings. The summed E-state index contributed by atoms with van der Waals surface area (Å²) in [5, 5.41) is 20.4. The first-order valence-electron chi connectivity index (χ1n) is 5.12. The van der Waals surface area contributed by atoms with Crippen LogP contribution < -0.4 is 11.1 Å². The van der Waals surface area contributed by atoms with Gasteiger partial charge in [0.1, 0.15) is 5.82 Å². The standard InChI is InChI=1S/C11H15FN2O3/c12-10-3-7(11(13)17)1-2-8(10)4-14-5-9(16)6-15/h1-3,9,14-16H,4-6H2,(H2,13,17). The van der Waals surface area contributed by atoms with Crippen LogP contribution in [-0.2, 0) is 6.54 Å². The molecule has 0 aromatic heterocycles. The van der Waals surface area contributed by atoms with Gasteiger partial charge in [-0.15, -0.1) is 0 Å². The molecule has 5 nitrogen and oxygen atoms in total. The predicted molar refractivity (Wildman–Crippen MR) is 59.7 cm³/mol. The minimum absolute atomic E-state index is 0.113. The molecule has 0 saturated carbocycles. The van der Waals surface area contributed by atoms with Crippen LogP contribution in [0.25, 0.3) is 0 Å². The summed E-state index contributed by atoms with van der Waals surface area (Å²) in [4.78, 5) is 10.8. The molecule has 5 N–H and O–H groups in total. The Morgan fingerprint density at radius 3 is 2.76 bits per heavy atom. The van der Waals surface area contributed by atoms with Crippen molar-refractivity contribution >= 4 is 5.91 Å². The third-order valence-corrected chi connectivity index (χ3v) is 2.24. The van der Waals surface area contributed by atoms with Crippen molar-refractivity contribution in [2.45, 2.75) is 12.6 Å². The largest absolute Gasteiger partial charge is 0.394 e. The molecule has 1 aromatic carbocycles. The summed E-state index contributed by atoms with van der Waals surface area (Å²) >= 11 is 0. The Kier molecular flexibility index (Phi) is 5.02. The molecule has 0 bridgehead atoms. The summed E-state index contributed by atoms with van der Waals surface area (Å²) in [6, 6.07) is 3.96. The normalized spacial score (nSPS) is 12.4. The van der Waals surface area contributed by atoms with Gasteiger partial charge in [-0.2, -0.15) is 0 Å². The number of aliphatic hydroxyl groups is 2. The number of hydrogen-bond acceptors (Lipinski definition) is 4. The summed E-state index contributed by atoms with van der Waals surface area (Å²) in [6.07, 6.45) is -0.872. The molecule has 1 aromatic rings. The van der Waals surface area contributed by atoms with Gasteiger partial charge < -0.3 is 21.3 Å². The number of halogens is 1. The maximum absolute atomic E-state index is 13.5. The van der Waals surface area contributed by atoms with Crippen LogP contribution in [0.1, 0.15) is 15.9 Å². The lowest BCUT2D eigenvalue weighted by molar-refractivity contribution is 0.0941. The van der Waals surface area contributed by atoms with Gasteiger partial charge >= 0.3 is 0 Å². The maximum atomic E-state index is 13.5. The van der Waals surface area contributed by atoms with E-state index in [2.05, 4.69) is 5.32 Å². The quantitative estimate of drug-likeness (QED) is 0.534. The Morgan fingerprint density at radius 2 is 2.24 bits per heavy atom. The van der Waals surface area contributed by atoms with E-state index in [1.54, 1.807) is 0 Å². The van der Waals surface area contributed by atoms with Crippen LogP contribution in [0, 0.1) is 5.82 Å². The van der Waals surface area contributed by atoms with Crippen LogP contribution in [0.4, 0.5) is 4.39 Å². The second kappa shape index (κ2) is 6.29. The molecule has 1 atom stereocenters. The molecule has 0 aliphatic heterocycles. The zero-order chi connectivity index (χ0) is 12.8. The van der Waals surface area contributed by atoms with Crippen molar-refractivity contribution in [2.75, 3.05) is 13.2 Å². The Balaban J connectivity index is 2.57. The molecule has 0 aliphatic rings. The zero-order valence-electron chi connectivity index (χ0n) is 9.19. The summed E-state index contributed by atoms with van der Waals surface area (Å²) < 4.78 is 13.5. The van der Waals surface area contributed by atoms with E-state index in [-0.39, 0.29) is 25.3 Å². The number of hydrogen-bond donors (Lipinski definition) is 4. The van der Waals surface area contributed by atoms with E-state index in [0.717, 1.165) is 6.07 Å². The Hall–Kier alpha value is -1.50. The average molecular weight is 242 g/mol. The first-order chi connectivity index (χ1) is 8.04. The lowest BCUT2D eigenvalue weighted by Gasteiger charge is -2.09.